The van der Waals surface area contributed by atoms with Crippen LogP contribution in [0.4, 0.5) is 0 Å². The zero-order chi connectivity index (χ0) is 11.1. The van der Waals surface area contributed by atoms with Crippen LogP contribution in [0.1, 0.15) is 22.7 Å². The lowest BCUT2D eigenvalue weighted by Gasteiger charge is -2.24. The number of carboxylic acid groups (broad SMARTS) is 1. The van der Waals surface area contributed by atoms with E-state index in [2.05, 4.69) is 17.4 Å². The summed E-state index contributed by atoms with van der Waals surface area (Å²) in [5.41, 5.74) is 3.58. The zero-order valence-electron chi connectivity index (χ0n) is 8.82. The smallest absolute Gasteiger partial charge is 0.325 e. The van der Waals surface area contributed by atoms with Crippen molar-refractivity contribution >= 4 is 17.7 Å². The number of aryl methyl sites for hydroxylation is 1. The van der Waals surface area contributed by atoms with Gasteiger partial charge in [0.1, 0.15) is 6.04 Å². The van der Waals surface area contributed by atoms with Gasteiger partial charge < -0.3 is 10.4 Å². The largest absolute Gasteiger partial charge is 0.480 e. The molecule has 0 aliphatic carbocycles. The van der Waals surface area contributed by atoms with Gasteiger partial charge in [-0.3, -0.25) is 4.79 Å². The van der Waals surface area contributed by atoms with Gasteiger partial charge in [-0.2, -0.15) is 0 Å². The van der Waals surface area contributed by atoms with Crippen molar-refractivity contribution in [3.63, 3.8) is 0 Å². The fourth-order valence-corrected chi connectivity index (χ4v) is 3.56. The van der Waals surface area contributed by atoms with Crippen LogP contribution in [0.5, 0.6) is 0 Å². The first kappa shape index (κ1) is 10.2. The van der Waals surface area contributed by atoms with E-state index in [4.69, 9.17) is 5.11 Å². The fraction of sp³-hybridized carbons (Fsp3) is 0.417. The molecule has 1 aromatic rings. The molecule has 84 valence electrons. The van der Waals surface area contributed by atoms with Crippen molar-refractivity contribution in [3.8, 4) is 0 Å². The minimum atomic E-state index is -0.774. The molecular weight excluding hydrogens is 222 g/mol. The van der Waals surface area contributed by atoms with Gasteiger partial charge in [0.05, 0.1) is 0 Å². The number of carbonyl (C=O) groups is 1. The lowest BCUT2D eigenvalue weighted by atomic mass is 9.92. The van der Waals surface area contributed by atoms with Crippen LogP contribution in [0.3, 0.4) is 0 Å². The molecule has 1 aromatic carbocycles. The molecule has 0 radical (unpaired) electrons. The summed E-state index contributed by atoms with van der Waals surface area (Å²) < 4.78 is 0. The summed E-state index contributed by atoms with van der Waals surface area (Å²) in [6.45, 7) is 0.760. The highest BCUT2D eigenvalue weighted by molar-refractivity contribution is 7.99. The van der Waals surface area contributed by atoms with Gasteiger partial charge in [-0.05, 0) is 35.6 Å². The third kappa shape index (κ3) is 1.53. The van der Waals surface area contributed by atoms with E-state index in [0.29, 0.717) is 0 Å². The van der Waals surface area contributed by atoms with Crippen molar-refractivity contribution in [1.29, 1.82) is 0 Å². The summed E-state index contributed by atoms with van der Waals surface area (Å²) in [4.78, 5) is 12.4. The third-order valence-corrected chi connectivity index (χ3v) is 4.35. The minimum Gasteiger partial charge on any atom is -0.480 e. The van der Waals surface area contributed by atoms with Gasteiger partial charge in [-0.15, -0.1) is 11.8 Å². The van der Waals surface area contributed by atoms with Crippen LogP contribution in [0.25, 0.3) is 0 Å². The van der Waals surface area contributed by atoms with Gasteiger partial charge in [-0.1, -0.05) is 6.07 Å². The van der Waals surface area contributed by atoms with Crippen molar-refractivity contribution in [2.45, 2.75) is 23.8 Å². The maximum atomic E-state index is 11.1. The van der Waals surface area contributed by atoms with Crippen LogP contribution in [0.2, 0.25) is 0 Å². The fourth-order valence-electron chi connectivity index (χ4n) is 2.46. The van der Waals surface area contributed by atoms with E-state index < -0.39 is 12.0 Å². The van der Waals surface area contributed by atoms with Crippen LogP contribution < -0.4 is 5.32 Å². The molecule has 16 heavy (non-hydrogen) atoms. The topological polar surface area (TPSA) is 49.3 Å². The standard InChI is InChI=1S/C12H13NO2S/c14-12(15)11-9-6-10-8(2-4-16-10)5-7(9)1-3-13-11/h5-6,11,13H,1-4H2,(H,14,15). The van der Waals surface area contributed by atoms with Crippen LogP contribution in [0, 0.1) is 0 Å². The molecule has 3 nitrogen and oxygen atoms in total. The van der Waals surface area contributed by atoms with E-state index in [1.807, 2.05) is 11.8 Å². The van der Waals surface area contributed by atoms with Crippen LogP contribution >= 0.6 is 11.8 Å². The number of rotatable bonds is 1. The first-order valence-electron chi connectivity index (χ1n) is 5.50. The van der Waals surface area contributed by atoms with Gasteiger partial charge in [0.2, 0.25) is 0 Å². The Labute approximate surface area is 98.2 Å². The Morgan fingerprint density at radius 2 is 2.25 bits per heavy atom. The molecule has 2 aliphatic rings. The van der Waals surface area contributed by atoms with Crippen LogP contribution in [-0.2, 0) is 17.6 Å². The number of fused-ring (bicyclic) bond motifs is 2. The lowest BCUT2D eigenvalue weighted by molar-refractivity contribution is -0.139. The summed E-state index contributed by atoms with van der Waals surface area (Å²) in [5, 5.41) is 12.2. The number of aliphatic carboxylic acids is 1. The minimum absolute atomic E-state index is 0.518. The van der Waals surface area contributed by atoms with E-state index >= 15 is 0 Å². The van der Waals surface area contributed by atoms with E-state index in [1.54, 1.807) is 0 Å². The molecule has 4 heteroatoms. The molecule has 3 rings (SSSR count). The third-order valence-electron chi connectivity index (χ3n) is 3.25. The molecule has 1 unspecified atom stereocenters. The predicted octanol–water partition coefficient (Wildman–Crippen LogP) is 1.61. The molecule has 0 fully saturated rings. The number of benzene rings is 1. The Morgan fingerprint density at radius 1 is 1.38 bits per heavy atom. The molecule has 0 saturated heterocycles. The summed E-state index contributed by atoms with van der Waals surface area (Å²) in [7, 11) is 0. The zero-order valence-corrected chi connectivity index (χ0v) is 9.64. The molecule has 2 aliphatic heterocycles. The summed E-state index contributed by atoms with van der Waals surface area (Å²) in [6, 6.07) is 3.77. The average molecular weight is 235 g/mol. The Morgan fingerprint density at radius 3 is 3.06 bits per heavy atom. The van der Waals surface area contributed by atoms with Gasteiger partial charge in [-0.25, -0.2) is 0 Å². The second-order valence-corrected chi connectivity index (χ2v) is 5.37. The SMILES string of the molecule is O=C(O)C1NCCc2cc3c(cc21)SCC3. The molecule has 2 heterocycles. The first-order valence-corrected chi connectivity index (χ1v) is 6.49. The molecule has 0 spiro atoms. The predicted molar refractivity (Wildman–Crippen MR) is 63.0 cm³/mol. The molecule has 2 N–H and O–H groups in total. The quantitative estimate of drug-likeness (QED) is 0.776. The summed E-state index contributed by atoms with van der Waals surface area (Å²) in [5.74, 6) is 0.354. The Bertz CT molecular complexity index is 459. The normalized spacial score (nSPS) is 22.6. The molecule has 0 saturated carbocycles. The number of hydrogen-bond donors (Lipinski definition) is 2. The highest BCUT2D eigenvalue weighted by atomic mass is 32.2. The lowest BCUT2D eigenvalue weighted by Crippen LogP contribution is -2.35. The molecular formula is C12H13NO2S. The Hall–Kier alpha value is -1.00. The number of nitrogens with one attached hydrogen (secondary N) is 1. The monoisotopic (exact) mass is 235 g/mol. The van der Waals surface area contributed by atoms with E-state index in [0.717, 1.165) is 30.7 Å². The second kappa shape index (κ2) is 3.79. The first-order chi connectivity index (χ1) is 7.75. The molecule has 0 amide bonds. The summed E-state index contributed by atoms with van der Waals surface area (Å²) >= 11 is 1.83. The van der Waals surface area contributed by atoms with E-state index in [-0.39, 0.29) is 0 Å². The Balaban J connectivity index is 2.10. The van der Waals surface area contributed by atoms with Gasteiger partial charge in [0.15, 0.2) is 0 Å². The maximum absolute atomic E-state index is 11.1. The number of thioether (sulfide) groups is 1. The van der Waals surface area contributed by atoms with Crippen LogP contribution in [-0.4, -0.2) is 23.4 Å². The van der Waals surface area contributed by atoms with Gasteiger partial charge >= 0.3 is 5.97 Å². The van der Waals surface area contributed by atoms with Crippen molar-refractivity contribution < 1.29 is 9.90 Å². The number of hydrogen-bond acceptors (Lipinski definition) is 3. The van der Waals surface area contributed by atoms with Crippen molar-refractivity contribution in [1.82, 2.24) is 5.32 Å². The van der Waals surface area contributed by atoms with Crippen molar-refractivity contribution in [3.05, 3.63) is 28.8 Å². The molecule has 1 atom stereocenters. The maximum Gasteiger partial charge on any atom is 0.325 e. The highest BCUT2D eigenvalue weighted by Crippen LogP contribution is 2.36. The number of carboxylic acids is 1. The summed E-state index contributed by atoms with van der Waals surface area (Å²) in [6.07, 6.45) is 2.06. The van der Waals surface area contributed by atoms with Gasteiger partial charge in [0, 0.05) is 17.2 Å². The molecule has 0 bridgehead atoms. The van der Waals surface area contributed by atoms with Crippen LogP contribution in [0.15, 0.2) is 17.0 Å². The Kier molecular flexibility index (Phi) is 2.41. The average Bonchev–Trinajstić information content (AvgIpc) is 2.71. The van der Waals surface area contributed by atoms with E-state index in [9.17, 15) is 4.79 Å². The molecule has 0 aromatic heterocycles. The van der Waals surface area contributed by atoms with Crippen molar-refractivity contribution in [2.24, 2.45) is 0 Å². The highest BCUT2D eigenvalue weighted by Gasteiger charge is 2.27. The second-order valence-electron chi connectivity index (χ2n) is 4.23. The van der Waals surface area contributed by atoms with E-state index in [1.165, 1.54) is 16.0 Å². The van der Waals surface area contributed by atoms with Crippen molar-refractivity contribution in [2.75, 3.05) is 12.3 Å². The van der Waals surface area contributed by atoms with Gasteiger partial charge in [0.25, 0.3) is 0 Å².